The molecular formula is C3BrN3S. The normalized spacial score (nSPS) is 8.50. The van der Waals surface area contributed by atoms with Crippen LogP contribution in [0.4, 0.5) is 0 Å². The van der Waals surface area contributed by atoms with Gasteiger partial charge in [-0.2, -0.15) is 5.26 Å². The third-order valence-corrected chi connectivity index (χ3v) is 1.88. The fourth-order valence-corrected chi connectivity index (χ4v) is 0.975. The zero-order valence-electron chi connectivity index (χ0n) is 3.63. The first-order chi connectivity index (χ1) is 3.84. The molecule has 0 saturated heterocycles. The zero-order chi connectivity index (χ0) is 5.98. The fourth-order valence-electron chi connectivity index (χ4n) is 0.246. The molecule has 0 aromatic carbocycles. The van der Waals surface area contributed by atoms with Gasteiger partial charge in [-0.1, -0.05) is 4.49 Å². The van der Waals surface area contributed by atoms with Crippen LogP contribution in [0.3, 0.4) is 0 Å². The molecule has 0 aliphatic rings. The first-order valence-corrected chi connectivity index (χ1v) is 3.29. The minimum atomic E-state index is 0.356. The summed E-state index contributed by atoms with van der Waals surface area (Å²) in [7, 11) is 0. The maximum atomic E-state index is 8.23. The second-order valence-electron chi connectivity index (χ2n) is 1.01. The largest absolute Gasteiger partial charge is 0.191 e. The first-order valence-electron chi connectivity index (χ1n) is 1.72. The van der Waals surface area contributed by atoms with Gasteiger partial charge in [-0.3, -0.25) is 0 Å². The third kappa shape index (κ3) is 0.854. The number of aromatic nitrogens is 2. The maximum Gasteiger partial charge on any atom is 0.189 e. The van der Waals surface area contributed by atoms with E-state index in [-0.39, 0.29) is 0 Å². The summed E-state index contributed by atoms with van der Waals surface area (Å²) >= 11 is 4.26. The van der Waals surface area contributed by atoms with E-state index in [0.29, 0.717) is 9.48 Å². The standard InChI is InChI=1S/C3BrN3S/c4-3-2(1-5)6-7-8-3. The van der Waals surface area contributed by atoms with Gasteiger partial charge >= 0.3 is 0 Å². The Morgan fingerprint density at radius 1 is 1.75 bits per heavy atom. The predicted octanol–water partition coefficient (Wildman–Crippen LogP) is 1.17. The van der Waals surface area contributed by atoms with Crippen molar-refractivity contribution >= 4 is 27.5 Å². The molecule has 5 heteroatoms. The molecule has 0 saturated carbocycles. The molecule has 1 heterocycles. The van der Waals surface area contributed by atoms with Crippen LogP contribution in [0.15, 0.2) is 3.79 Å². The second-order valence-corrected chi connectivity index (χ2v) is 3.08. The molecule has 8 heavy (non-hydrogen) atoms. The molecule has 0 spiro atoms. The number of rotatable bonds is 0. The van der Waals surface area contributed by atoms with Gasteiger partial charge in [-0.25, -0.2) is 0 Å². The zero-order valence-corrected chi connectivity index (χ0v) is 6.03. The van der Waals surface area contributed by atoms with E-state index in [0.717, 1.165) is 11.5 Å². The van der Waals surface area contributed by atoms with E-state index in [1.165, 1.54) is 0 Å². The van der Waals surface area contributed by atoms with E-state index in [4.69, 9.17) is 5.26 Å². The van der Waals surface area contributed by atoms with Crippen LogP contribution in [0.2, 0.25) is 0 Å². The van der Waals surface area contributed by atoms with Crippen LogP contribution in [0, 0.1) is 11.3 Å². The molecule has 1 aromatic heterocycles. The predicted molar refractivity (Wildman–Crippen MR) is 32.3 cm³/mol. The van der Waals surface area contributed by atoms with Gasteiger partial charge in [0.05, 0.1) is 0 Å². The van der Waals surface area contributed by atoms with Gasteiger partial charge in [0.1, 0.15) is 9.86 Å². The minimum absolute atomic E-state index is 0.356. The van der Waals surface area contributed by atoms with Crippen LogP contribution < -0.4 is 0 Å². The molecular weight excluding hydrogens is 190 g/mol. The monoisotopic (exact) mass is 189 g/mol. The van der Waals surface area contributed by atoms with E-state index >= 15 is 0 Å². The third-order valence-electron chi connectivity index (χ3n) is 0.554. The Kier molecular flexibility index (Phi) is 1.56. The van der Waals surface area contributed by atoms with Crippen molar-refractivity contribution in [3.05, 3.63) is 9.48 Å². The van der Waals surface area contributed by atoms with E-state index in [2.05, 4.69) is 25.5 Å². The van der Waals surface area contributed by atoms with Gasteiger partial charge in [0.15, 0.2) is 5.69 Å². The van der Waals surface area contributed by atoms with E-state index < -0.39 is 0 Å². The Labute approximate surface area is 58.2 Å². The Balaban J connectivity index is 3.15. The molecule has 0 fully saturated rings. The Morgan fingerprint density at radius 2 is 2.50 bits per heavy atom. The molecule has 40 valence electrons. The molecule has 0 aliphatic heterocycles. The van der Waals surface area contributed by atoms with Crippen molar-refractivity contribution in [1.82, 2.24) is 9.59 Å². The molecule has 1 rings (SSSR count). The topological polar surface area (TPSA) is 49.6 Å². The highest BCUT2D eigenvalue weighted by Crippen LogP contribution is 2.16. The number of halogens is 1. The van der Waals surface area contributed by atoms with Crippen LogP contribution in [-0.4, -0.2) is 9.59 Å². The van der Waals surface area contributed by atoms with Crippen molar-refractivity contribution in [3.8, 4) is 6.07 Å². The summed E-state index contributed by atoms with van der Waals surface area (Å²) in [6, 6.07) is 1.87. The number of hydrogen-bond acceptors (Lipinski definition) is 4. The van der Waals surface area contributed by atoms with Crippen molar-refractivity contribution < 1.29 is 0 Å². The van der Waals surface area contributed by atoms with Crippen LogP contribution in [-0.2, 0) is 0 Å². The molecule has 0 bridgehead atoms. The molecule has 1 aromatic rings. The lowest BCUT2D eigenvalue weighted by atomic mass is 10.6. The summed E-state index contributed by atoms with van der Waals surface area (Å²) in [5.74, 6) is 0. The molecule has 0 amide bonds. The van der Waals surface area contributed by atoms with Crippen LogP contribution in [0.5, 0.6) is 0 Å². The summed E-state index contributed by atoms with van der Waals surface area (Å²) in [5.41, 5.74) is 0.356. The summed E-state index contributed by atoms with van der Waals surface area (Å²) in [6.07, 6.45) is 0. The molecule has 0 atom stereocenters. The van der Waals surface area contributed by atoms with E-state index in [1.54, 1.807) is 0 Å². The quantitative estimate of drug-likeness (QED) is 0.616. The highest BCUT2D eigenvalue weighted by atomic mass is 79.9. The number of nitriles is 1. The highest BCUT2D eigenvalue weighted by Gasteiger charge is 1.99. The van der Waals surface area contributed by atoms with Gasteiger partial charge < -0.3 is 0 Å². The molecule has 0 unspecified atom stereocenters. The average molecular weight is 190 g/mol. The summed E-state index contributed by atoms with van der Waals surface area (Å²) in [4.78, 5) is 0. The Morgan fingerprint density at radius 3 is 2.75 bits per heavy atom. The number of nitrogens with zero attached hydrogens (tertiary/aromatic N) is 3. The lowest BCUT2D eigenvalue weighted by Gasteiger charge is -1.69. The fraction of sp³-hybridized carbons (Fsp3) is 0. The lowest BCUT2D eigenvalue weighted by molar-refractivity contribution is 1.12. The molecule has 0 aliphatic carbocycles. The van der Waals surface area contributed by atoms with Crippen molar-refractivity contribution in [2.45, 2.75) is 0 Å². The van der Waals surface area contributed by atoms with Crippen LogP contribution in [0.25, 0.3) is 0 Å². The molecule has 0 radical (unpaired) electrons. The summed E-state index contributed by atoms with van der Waals surface area (Å²) in [6.45, 7) is 0. The van der Waals surface area contributed by atoms with Gasteiger partial charge in [0, 0.05) is 0 Å². The first kappa shape index (κ1) is 5.66. The number of hydrogen-bond donors (Lipinski definition) is 0. The van der Waals surface area contributed by atoms with Gasteiger partial charge in [-0.05, 0) is 27.5 Å². The Bertz CT molecular complexity index is 225. The SMILES string of the molecule is N#Cc1nnsc1Br. The van der Waals surface area contributed by atoms with E-state index in [1.807, 2.05) is 6.07 Å². The minimum Gasteiger partial charge on any atom is -0.191 e. The molecule has 0 N–H and O–H groups in total. The van der Waals surface area contributed by atoms with Crippen LogP contribution >= 0.6 is 27.5 Å². The second kappa shape index (κ2) is 2.20. The van der Waals surface area contributed by atoms with Crippen molar-refractivity contribution in [3.63, 3.8) is 0 Å². The van der Waals surface area contributed by atoms with E-state index in [9.17, 15) is 0 Å². The van der Waals surface area contributed by atoms with Gasteiger partial charge in [0.25, 0.3) is 0 Å². The lowest BCUT2D eigenvalue weighted by Crippen LogP contribution is -1.71. The Hall–Kier alpha value is -0.470. The van der Waals surface area contributed by atoms with Crippen molar-refractivity contribution in [2.24, 2.45) is 0 Å². The van der Waals surface area contributed by atoms with Crippen LogP contribution in [0.1, 0.15) is 5.69 Å². The maximum absolute atomic E-state index is 8.23. The summed E-state index contributed by atoms with van der Waals surface area (Å²) < 4.78 is 4.21. The molecule has 3 nitrogen and oxygen atoms in total. The van der Waals surface area contributed by atoms with Crippen molar-refractivity contribution in [1.29, 1.82) is 5.26 Å². The highest BCUT2D eigenvalue weighted by molar-refractivity contribution is 9.11. The van der Waals surface area contributed by atoms with Crippen molar-refractivity contribution in [2.75, 3.05) is 0 Å². The van der Waals surface area contributed by atoms with Gasteiger partial charge in [-0.15, -0.1) is 5.10 Å². The van der Waals surface area contributed by atoms with Gasteiger partial charge in [0.2, 0.25) is 0 Å². The average Bonchev–Trinajstić information content (AvgIpc) is 2.14. The smallest absolute Gasteiger partial charge is 0.189 e. The summed E-state index contributed by atoms with van der Waals surface area (Å²) in [5, 5.41) is 11.7.